The van der Waals surface area contributed by atoms with E-state index in [9.17, 15) is 19.2 Å². The highest BCUT2D eigenvalue weighted by Gasteiger charge is 2.22. The zero-order valence-corrected chi connectivity index (χ0v) is 22.9. The van der Waals surface area contributed by atoms with Crippen LogP contribution < -0.4 is 10.9 Å². The number of carbonyl (C=O) groups is 3. The Morgan fingerprint density at radius 3 is 2.45 bits per heavy atom. The molecule has 3 heterocycles. The quantitative estimate of drug-likeness (QED) is 0.303. The summed E-state index contributed by atoms with van der Waals surface area (Å²) >= 11 is 2.08. The third-order valence-electron chi connectivity index (χ3n) is 5.41. The first-order valence-corrected chi connectivity index (χ1v) is 13.4. The van der Waals surface area contributed by atoms with E-state index < -0.39 is 23.4 Å². The fraction of sp³-hybridized carbons (Fsp3) is 0.308. The number of esters is 2. The third-order valence-corrected chi connectivity index (χ3v) is 7.64. The van der Waals surface area contributed by atoms with E-state index in [1.165, 1.54) is 6.33 Å². The maximum atomic E-state index is 13.2. The molecule has 0 bridgehead atoms. The van der Waals surface area contributed by atoms with E-state index in [1.807, 2.05) is 44.2 Å². The van der Waals surface area contributed by atoms with E-state index in [0.29, 0.717) is 21.0 Å². The summed E-state index contributed by atoms with van der Waals surface area (Å²) in [6, 6.07) is 9.28. The van der Waals surface area contributed by atoms with Gasteiger partial charge in [-0.3, -0.25) is 14.2 Å². The number of nitrogens with zero attached hydrogens (tertiary/aromatic N) is 3. The molecule has 4 rings (SSSR count). The number of hydrogen-bond donors (Lipinski definition) is 1. The predicted octanol–water partition coefficient (Wildman–Crippen LogP) is 4.34. The molecule has 0 atom stereocenters. The molecule has 0 aliphatic rings. The summed E-state index contributed by atoms with van der Waals surface area (Å²) in [5.74, 6) is -1.36. The maximum absolute atomic E-state index is 13.2. The molecule has 0 aliphatic heterocycles. The van der Waals surface area contributed by atoms with Crippen LogP contribution in [0.2, 0.25) is 0 Å². The van der Waals surface area contributed by atoms with E-state index in [4.69, 9.17) is 9.47 Å². The Hall–Kier alpha value is -3.90. The summed E-state index contributed by atoms with van der Waals surface area (Å²) < 4.78 is 11.8. The molecule has 198 valence electrons. The molecule has 0 spiro atoms. The molecular weight excluding hydrogens is 528 g/mol. The Balaban J connectivity index is 1.46. The van der Waals surface area contributed by atoms with Crippen molar-refractivity contribution in [3.8, 4) is 0 Å². The number of thiazole rings is 1. The van der Waals surface area contributed by atoms with Gasteiger partial charge in [-0.2, -0.15) is 0 Å². The molecule has 38 heavy (non-hydrogen) atoms. The number of amides is 1. The van der Waals surface area contributed by atoms with Crippen LogP contribution in [-0.4, -0.2) is 39.0 Å². The Labute approximate surface area is 226 Å². The minimum Gasteiger partial charge on any atom is -0.461 e. The van der Waals surface area contributed by atoms with Crippen LogP contribution in [0.3, 0.4) is 0 Å². The van der Waals surface area contributed by atoms with Crippen molar-refractivity contribution in [2.75, 3.05) is 11.9 Å². The average Bonchev–Trinajstić information content (AvgIpc) is 3.42. The molecule has 0 fully saturated rings. The van der Waals surface area contributed by atoms with Crippen LogP contribution >= 0.6 is 22.7 Å². The van der Waals surface area contributed by atoms with Gasteiger partial charge in [0, 0.05) is 0 Å². The van der Waals surface area contributed by atoms with E-state index in [1.54, 1.807) is 13.8 Å². The molecule has 0 saturated carbocycles. The molecule has 0 saturated heterocycles. The van der Waals surface area contributed by atoms with Crippen LogP contribution in [0.5, 0.6) is 0 Å². The standard InChI is InChI=1S/C26H26N4O6S2/c1-14(2)11-35-25(34)21-16(4)28-26(38-21)29-18(31)10-30-13-27-22-19(23(30)32)15(3)20(37-22)24(33)36-12-17-8-6-5-7-9-17/h5-9,13-14H,10-12H2,1-4H3,(H,28,29,31). The van der Waals surface area contributed by atoms with E-state index in [-0.39, 0.29) is 41.1 Å². The molecule has 1 aromatic carbocycles. The van der Waals surface area contributed by atoms with Gasteiger partial charge < -0.3 is 14.8 Å². The lowest BCUT2D eigenvalue weighted by atomic mass is 10.2. The van der Waals surface area contributed by atoms with Crippen molar-refractivity contribution in [1.29, 1.82) is 0 Å². The van der Waals surface area contributed by atoms with Crippen molar-refractivity contribution in [3.05, 3.63) is 73.6 Å². The average molecular weight is 555 g/mol. The van der Waals surface area contributed by atoms with Crippen molar-refractivity contribution in [1.82, 2.24) is 14.5 Å². The number of aromatic nitrogens is 3. The van der Waals surface area contributed by atoms with Crippen molar-refractivity contribution in [2.45, 2.75) is 40.8 Å². The number of fused-ring (bicyclic) bond motifs is 1. The Bertz CT molecular complexity index is 1560. The summed E-state index contributed by atoms with van der Waals surface area (Å²) in [5, 5.41) is 3.10. The number of hydrogen-bond acceptors (Lipinski definition) is 10. The van der Waals surface area contributed by atoms with Gasteiger partial charge in [0.05, 0.1) is 24.0 Å². The second-order valence-corrected chi connectivity index (χ2v) is 10.9. The van der Waals surface area contributed by atoms with Crippen molar-refractivity contribution in [3.63, 3.8) is 0 Å². The molecule has 0 aliphatic carbocycles. The van der Waals surface area contributed by atoms with E-state index >= 15 is 0 Å². The molecule has 10 nitrogen and oxygen atoms in total. The number of ether oxygens (including phenoxy) is 2. The summed E-state index contributed by atoms with van der Waals surface area (Å²) in [6.45, 7) is 7.25. The fourth-order valence-corrected chi connectivity index (χ4v) is 5.43. The largest absolute Gasteiger partial charge is 0.461 e. The lowest BCUT2D eigenvalue weighted by molar-refractivity contribution is -0.116. The molecule has 1 amide bonds. The van der Waals surface area contributed by atoms with Gasteiger partial charge in [0.1, 0.15) is 27.7 Å². The number of benzene rings is 1. The Kier molecular flexibility index (Phi) is 8.32. The molecule has 4 aromatic rings. The van der Waals surface area contributed by atoms with Crippen LogP contribution in [0.25, 0.3) is 10.2 Å². The van der Waals surface area contributed by atoms with Gasteiger partial charge in [0.25, 0.3) is 5.56 Å². The maximum Gasteiger partial charge on any atom is 0.350 e. The number of rotatable bonds is 9. The number of carbonyl (C=O) groups excluding carboxylic acids is 3. The minimum atomic E-state index is -0.542. The van der Waals surface area contributed by atoms with Gasteiger partial charge in [0.2, 0.25) is 5.91 Å². The second-order valence-electron chi connectivity index (χ2n) is 8.95. The minimum absolute atomic E-state index is 0.110. The summed E-state index contributed by atoms with van der Waals surface area (Å²) in [6.07, 6.45) is 1.26. The third kappa shape index (κ3) is 6.14. The summed E-state index contributed by atoms with van der Waals surface area (Å²) in [4.78, 5) is 60.3. The normalized spacial score (nSPS) is 11.1. The Morgan fingerprint density at radius 1 is 1.03 bits per heavy atom. The van der Waals surface area contributed by atoms with Gasteiger partial charge in [0.15, 0.2) is 5.13 Å². The van der Waals surface area contributed by atoms with Gasteiger partial charge in [-0.25, -0.2) is 19.6 Å². The van der Waals surface area contributed by atoms with Crippen molar-refractivity contribution >= 4 is 55.9 Å². The number of nitrogens with one attached hydrogen (secondary N) is 1. The van der Waals surface area contributed by atoms with Gasteiger partial charge in [-0.05, 0) is 30.9 Å². The second kappa shape index (κ2) is 11.7. The first-order valence-electron chi connectivity index (χ1n) is 11.8. The van der Waals surface area contributed by atoms with Crippen LogP contribution in [0.1, 0.15) is 50.0 Å². The fourth-order valence-electron chi connectivity index (χ4n) is 3.52. The SMILES string of the molecule is Cc1nc(NC(=O)Cn2cnc3sc(C(=O)OCc4ccccc4)c(C)c3c2=O)sc1C(=O)OCC(C)C. The van der Waals surface area contributed by atoms with Crippen LogP contribution in [0.15, 0.2) is 41.5 Å². The highest BCUT2D eigenvalue weighted by molar-refractivity contribution is 7.20. The zero-order valence-electron chi connectivity index (χ0n) is 21.3. The molecule has 0 unspecified atom stereocenters. The summed E-state index contributed by atoms with van der Waals surface area (Å²) in [5.41, 5.74) is 1.30. The topological polar surface area (TPSA) is 129 Å². The van der Waals surface area contributed by atoms with Crippen LogP contribution in [0.4, 0.5) is 5.13 Å². The molecule has 1 N–H and O–H groups in total. The van der Waals surface area contributed by atoms with Crippen molar-refractivity contribution in [2.24, 2.45) is 5.92 Å². The Morgan fingerprint density at radius 2 is 1.74 bits per heavy atom. The molecule has 12 heteroatoms. The lowest BCUT2D eigenvalue weighted by Gasteiger charge is -2.06. The van der Waals surface area contributed by atoms with Crippen LogP contribution in [-0.2, 0) is 27.4 Å². The first-order chi connectivity index (χ1) is 18.1. The van der Waals surface area contributed by atoms with Crippen molar-refractivity contribution < 1.29 is 23.9 Å². The molecular formula is C26H26N4O6S2. The molecule has 3 aromatic heterocycles. The van der Waals surface area contributed by atoms with Gasteiger partial charge in [-0.1, -0.05) is 55.5 Å². The highest BCUT2D eigenvalue weighted by Crippen LogP contribution is 2.28. The monoisotopic (exact) mass is 554 g/mol. The van der Waals surface area contributed by atoms with E-state index in [2.05, 4.69) is 15.3 Å². The highest BCUT2D eigenvalue weighted by atomic mass is 32.1. The zero-order chi connectivity index (χ0) is 27.4. The van der Waals surface area contributed by atoms with E-state index in [0.717, 1.165) is 32.8 Å². The van der Waals surface area contributed by atoms with Gasteiger partial charge in [-0.15, -0.1) is 11.3 Å². The first kappa shape index (κ1) is 27.1. The number of anilines is 1. The number of thiophene rings is 1. The molecule has 0 radical (unpaired) electrons. The van der Waals surface area contributed by atoms with Gasteiger partial charge >= 0.3 is 11.9 Å². The summed E-state index contributed by atoms with van der Waals surface area (Å²) in [7, 11) is 0. The predicted molar refractivity (Wildman–Crippen MR) is 145 cm³/mol. The van der Waals surface area contributed by atoms with Crippen LogP contribution in [0, 0.1) is 19.8 Å². The lowest BCUT2D eigenvalue weighted by Crippen LogP contribution is -2.27. The number of aryl methyl sites for hydroxylation is 2. The smallest absolute Gasteiger partial charge is 0.350 e.